The van der Waals surface area contributed by atoms with E-state index in [9.17, 15) is 0 Å². The van der Waals surface area contributed by atoms with Crippen LogP contribution in [0.15, 0.2) is 11.8 Å². The van der Waals surface area contributed by atoms with Crippen LogP contribution in [0.3, 0.4) is 0 Å². The van der Waals surface area contributed by atoms with Crippen LogP contribution in [0, 0.1) is 0 Å². The van der Waals surface area contributed by atoms with Crippen LogP contribution < -0.4 is 5.73 Å². The van der Waals surface area contributed by atoms with E-state index in [0.717, 1.165) is 37.4 Å². The average Bonchev–Trinajstić information content (AvgIpc) is 2.15. The molecule has 1 rings (SSSR count). The molecule has 0 aliphatic carbocycles. The first-order valence-electron chi connectivity index (χ1n) is 4.42. The summed E-state index contributed by atoms with van der Waals surface area (Å²) in [5.41, 5.74) is 5.93. The van der Waals surface area contributed by atoms with E-state index in [-0.39, 0.29) is 6.04 Å². The Balaban J connectivity index is 2.29. The molecule has 0 aromatic rings. The second-order valence-corrected chi connectivity index (χ2v) is 3.97. The van der Waals surface area contributed by atoms with Crippen molar-refractivity contribution < 1.29 is 4.74 Å². The Morgan fingerprint density at radius 1 is 1.75 bits per heavy atom. The topological polar surface area (TPSA) is 35.2 Å². The van der Waals surface area contributed by atoms with Gasteiger partial charge in [0.1, 0.15) is 5.76 Å². The molecule has 2 nitrogen and oxygen atoms in total. The second-order valence-electron chi connectivity index (χ2n) is 2.99. The SMILES string of the molecule is CSCCC(N)C1=CCCCO1. The molecule has 0 radical (unpaired) electrons. The fourth-order valence-corrected chi connectivity index (χ4v) is 1.71. The van der Waals surface area contributed by atoms with Crippen molar-refractivity contribution in [1.29, 1.82) is 0 Å². The Kier molecular flexibility index (Phi) is 4.54. The van der Waals surface area contributed by atoms with E-state index in [1.165, 1.54) is 0 Å². The largest absolute Gasteiger partial charge is 0.497 e. The number of rotatable bonds is 4. The molecule has 70 valence electrons. The van der Waals surface area contributed by atoms with Crippen molar-refractivity contribution in [2.24, 2.45) is 5.73 Å². The van der Waals surface area contributed by atoms with Gasteiger partial charge in [0.25, 0.3) is 0 Å². The Labute approximate surface area is 78.5 Å². The molecule has 1 aliphatic rings. The minimum absolute atomic E-state index is 0.123. The molecule has 0 saturated carbocycles. The standard InChI is InChI=1S/C9H17NOS/c1-12-7-5-8(10)9-4-2-3-6-11-9/h4,8H,2-3,5-7,10H2,1H3. The first kappa shape index (κ1) is 9.93. The molecule has 0 fully saturated rings. The predicted molar refractivity (Wildman–Crippen MR) is 54.2 cm³/mol. The van der Waals surface area contributed by atoms with Crippen LogP contribution in [0.2, 0.25) is 0 Å². The van der Waals surface area contributed by atoms with Gasteiger partial charge >= 0.3 is 0 Å². The molecule has 1 unspecified atom stereocenters. The molecule has 1 heterocycles. The first-order chi connectivity index (χ1) is 5.84. The second kappa shape index (κ2) is 5.49. The van der Waals surface area contributed by atoms with Crippen LogP contribution in [0.1, 0.15) is 19.3 Å². The number of allylic oxidation sites excluding steroid dienone is 1. The lowest BCUT2D eigenvalue weighted by atomic mass is 10.1. The van der Waals surface area contributed by atoms with E-state index in [4.69, 9.17) is 10.5 Å². The molecular weight excluding hydrogens is 170 g/mol. The van der Waals surface area contributed by atoms with Crippen molar-refractivity contribution in [2.75, 3.05) is 18.6 Å². The summed E-state index contributed by atoms with van der Waals surface area (Å²) in [7, 11) is 0. The molecule has 1 aliphatic heterocycles. The fraction of sp³-hybridized carbons (Fsp3) is 0.778. The Morgan fingerprint density at radius 3 is 3.17 bits per heavy atom. The lowest BCUT2D eigenvalue weighted by Gasteiger charge is -2.20. The molecule has 0 bridgehead atoms. The zero-order chi connectivity index (χ0) is 8.81. The summed E-state index contributed by atoms with van der Waals surface area (Å²) in [6.45, 7) is 0.846. The Hall–Kier alpha value is -0.150. The molecule has 1 atom stereocenters. The van der Waals surface area contributed by atoms with Gasteiger partial charge in [-0.1, -0.05) is 0 Å². The third kappa shape index (κ3) is 3.07. The number of hydrogen-bond donors (Lipinski definition) is 1. The molecular formula is C9H17NOS. The summed E-state index contributed by atoms with van der Waals surface area (Å²) in [4.78, 5) is 0. The third-order valence-corrected chi connectivity index (χ3v) is 2.61. The Bertz CT molecular complexity index is 159. The predicted octanol–water partition coefficient (Wildman–Crippen LogP) is 1.76. The Morgan fingerprint density at radius 2 is 2.58 bits per heavy atom. The van der Waals surface area contributed by atoms with Crippen LogP contribution in [-0.4, -0.2) is 24.7 Å². The van der Waals surface area contributed by atoms with Gasteiger partial charge in [-0.05, 0) is 37.3 Å². The quantitative estimate of drug-likeness (QED) is 0.728. The number of nitrogens with two attached hydrogens (primary N) is 1. The highest BCUT2D eigenvalue weighted by molar-refractivity contribution is 7.98. The van der Waals surface area contributed by atoms with Crippen molar-refractivity contribution in [3.05, 3.63) is 11.8 Å². The van der Waals surface area contributed by atoms with Gasteiger partial charge in [-0.25, -0.2) is 0 Å². The highest BCUT2D eigenvalue weighted by atomic mass is 32.2. The monoisotopic (exact) mass is 187 g/mol. The van der Waals surface area contributed by atoms with E-state index >= 15 is 0 Å². The van der Waals surface area contributed by atoms with Gasteiger partial charge in [-0.2, -0.15) is 11.8 Å². The maximum atomic E-state index is 5.93. The lowest BCUT2D eigenvalue weighted by molar-refractivity contribution is 0.175. The van der Waals surface area contributed by atoms with Crippen molar-refractivity contribution in [3.8, 4) is 0 Å². The highest BCUT2D eigenvalue weighted by Crippen LogP contribution is 2.15. The van der Waals surface area contributed by atoms with Crippen molar-refractivity contribution >= 4 is 11.8 Å². The van der Waals surface area contributed by atoms with E-state index < -0.39 is 0 Å². The van der Waals surface area contributed by atoms with Gasteiger partial charge < -0.3 is 10.5 Å². The minimum atomic E-state index is 0.123. The van der Waals surface area contributed by atoms with E-state index in [1.54, 1.807) is 0 Å². The smallest absolute Gasteiger partial charge is 0.109 e. The average molecular weight is 187 g/mol. The molecule has 12 heavy (non-hydrogen) atoms. The van der Waals surface area contributed by atoms with E-state index in [2.05, 4.69) is 12.3 Å². The maximum absolute atomic E-state index is 5.93. The van der Waals surface area contributed by atoms with Gasteiger partial charge in [-0.3, -0.25) is 0 Å². The van der Waals surface area contributed by atoms with E-state index in [0.29, 0.717) is 0 Å². The summed E-state index contributed by atoms with van der Waals surface area (Å²) in [6, 6.07) is 0.123. The summed E-state index contributed by atoms with van der Waals surface area (Å²) >= 11 is 1.83. The van der Waals surface area contributed by atoms with Crippen LogP contribution in [0.5, 0.6) is 0 Å². The summed E-state index contributed by atoms with van der Waals surface area (Å²) in [5.74, 6) is 2.12. The van der Waals surface area contributed by atoms with Crippen LogP contribution >= 0.6 is 11.8 Å². The molecule has 0 saturated heterocycles. The maximum Gasteiger partial charge on any atom is 0.109 e. The zero-order valence-electron chi connectivity index (χ0n) is 7.58. The molecule has 2 N–H and O–H groups in total. The van der Waals surface area contributed by atoms with Crippen LogP contribution in [0.25, 0.3) is 0 Å². The normalized spacial score (nSPS) is 19.7. The molecule has 0 spiro atoms. The van der Waals surface area contributed by atoms with Crippen molar-refractivity contribution in [2.45, 2.75) is 25.3 Å². The number of hydrogen-bond acceptors (Lipinski definition) is 3. The number of thioether (sulfide) groups is 1. The zero-order valence-corrected chi connectivity index (χ0v) is 8.40. The highest BCUT2D eigenvalue weighted by Gasteiger charge is 2.12. The molecule has 0 aromatic heterocycles. The molecule has 3 heteroatoms. The summed E-state index contributed by atoms with van der Waals surface area (Å²) in [6.07, 6.45) is 7.52. The molecule has 0 aromatic carbocycles. The van der Waals surface area contributed by atoms with Crippen LogP contribution in [0.4, 0.5) is 0 Å². The third-order valence-electron chi connectivity index (χ3n) is 1.96. The first-order valence-corrected chi connectivity index (χ1v) is 5.81. The molecule has 0 amide bonds. The van der Waals surface area contributed by atoms with E-state index in [1.807, 2.05) is 11.8 Å². The van der Waals surface area contributed by atoms with Gasteiger partial charge in [0.15, 0.2) is 0 Å². The van der Waals surface area contributed by atoms with Crippen molar-refractivity contribution in [3.63, 3.8) is 0 Å². The number of ether oxygens (including phenoxy) is 1. The summed E-state index contributed by atoms with van der Waals surface area (Å²) in [5, 5.41) is 0. The summed E-state index contributed by atoms with van der Waals surface area (Å²) < 4.78 is 5.46. The van der Waals surface area contributed by atoms with Gasteiger partial charge in [-0.15, -0.1) is 0 Å². The van der Waals surface area contributed by atoms with Crippen molar-refractivity contribution in [1.82, 2.24) is 0 Å². The lowest BCUT2D eigenvalue weighted by Crippen LogP contribution is -2.26. The fourth-order valence-electron chi connectivity index (χ4n) is 1.22. The minimum Gasteiger partial charge on any atom is -0.497 e. The van der Waals surface area contributed by atoms with Crippen LogP contribution in [-0.2, 0) is 4.74 Å². The van der Waals surface area contributed by atoms with Gasteiger partial charge in [0.05, 0.1) is 12.6 Å². The van der Waals surface area contributed by atoms with Gasteiger partial charge in [0.2, 0.25) is 0 Å². The van der Waals surface area contributed by atoms with Gasteiger partial charge in [0, 0.05) is 0 Å².